The zero-order valence-corrected chi connectivity index (χ0v) is 11.8. The minimum absolute atomic E-state index is 0.0210. The first-order valence-electron chi connectivity index (χ1n) is 6.63. The average Bonchev–Trinajstić information content (AvgIpc) is 2.46. The lowest BCUT2D eigenvalue weighted by Crippen LogP contribution is -2.21. The first kappa shape index (κ1) is 16.8. The van der Waals surface area contributed by atoms with Crippen LogP contribution in [0, 0.1) is 5.82 Å². The molecule has 0 unspecified atom stereocenters. The van der Waals surface area contributed by atoms with Crippen molar-refractivity contribution in [2.75, 3.05) is 13.2 Å². The number of hydrogen-bond acceptors (Lipinski definition) is 5. The van der Waals surface area contributed by atoms with Gasteiger partial charge in [0.15, 0.2) is 0 Å². The van der Waals surface area contributed by atoms with Crippen molar-refractivity contribution >= 4 is 17.7 Å². The fourth-order valence-electron chi connectivity index (χ4n) is 1.60. The normalized spacial score (nSPS) is 10.0. The maximum Gasteiger partial charge on any atom is 0.417 e. The molecule has 21 heavy (non-hydrogen) atoms. The van der Waals surface area contributed by atoms with Crippen LogP contribution in [0.4, 0.5) is 4.39 Å². The summed E-state index contributed by atoms with van der Waals surface area (Å²) in [5, 5.41) is 0. The molecule has 0 fully saturated rings. The molecule has 0 amide bonds. The van der Waals surface area contributed by atoms with E-state index in [1.54, 1.807) is 19.1 Å². The Hall–Kier alpha value is -2.24. The van der Waals surface area contributed by atoms with Crippen molar-refractivity contribution < 1.29 is 28.2 Å². The number of carbonyl (C=O) groups excluding carboxylic acids is 3. The molecule has 0 aliphatic heterocycles. The molecule has 0 saturated carbocycles. The molecule has 1 rings (SSSR count). The second kappa shape index (κ2) is 8.84. The van der Waals surface area contributed by atoms with Crippen LogP contribution in [-0.2, 0) is 30.3 Å². The molecular weight excluding hydrogens is 279 g/mol. The Kier molecular flexibility index (Phi) is 7.08. The molecule has 0 saturated heterocycles. The van der Waals surface area contributed by atoms with Gasteiger partial charge in [0.2, 0.25) is 0 Å². The zero-order chi connectivity index (χ0) is 15.7. The summed E-state index contributed by atoms with van der Waals surface area (Å²) in [6.07, 6.45) is 0.741. The number of hydrogen-bond donors (Lipinski definition) is 0. The first-order valence-corrected chi connectivity index (χ1v) is 6.63. The van der Waals surface area contributed by atoms with Crippen LogP contribution in [0.25, 0.3) is 0 Å². The topological polar surface area (TPSA) is 69.7 Å². The first-order chi connectivity index (χ1) is 10.0. The van der Waals surface area contributed by atoms with Crippen molar-refractivity contribution in [1.29, 1.82) is 0 Å². The lowest BCUT2D eigenvalue weighted by molar-refractivity contribution is -0.167. The number of benzene rings is 1. The van der Waals surface area contributed by atoms with Gasteiger partial charge in [-0.2, -0.15) is 0 Å². The Morgan fingerprint density at radius 3 is 2.29 bits per heavy atom. The van der Waals surface area contributed by atoms with Gasteiger partial charge in [0.05, 0.1) is 13.2 Å². The Morgan fingerprint density at radius 1 is 1.05 bits per heavy atom. The maximum atomic E-state index is 12.7. The standard InChI is InChI=1S/C15H17FO5/c1-2-20-14(18)15(19)21-9-3-4-13(17)10-11-5-7-12(16)8-6-11/h5-8H,2-4,9-10H2,1H3. The quantitative estimate of drug-likeness (QED) is 0.436. The van der Waals surface area contributed by atoms with E-state index in [-0.39, 0.29) is 37.7 Å². The third-order valence-electron chi connectivity index (χ3n) is 2.59. The van der Waals surface area contributed by atoms with Crippen LogP contribution >= 0.6 is 0 Å². The van der Waals surface area contributed by atoms with E-state index in [4.69, 9.17) is 0 Å². The molecule has 0 atom stereocenters. The molecule has 0 aromatic heterocycles. The Morgan fingerprint density at radius 2 is 1.67 bits per heavy atom. The summed E-state index contributed by atoms with van der Waals surface area (Å²) < 4.78 is 21.8. The van der Waals surface area contributed by atoms with E-state index < -0.39 is 11.9 Å². The highest BCUT2D eigenvalue weighted by Crippen LogP contribution is 2.06. The molecule has 5 nitrogen and oxygen atoms in total. The number of ketones is 1. The molecule has 0 radical (unpaired) electrons. The summed E-state index contributed by atoms with van der Waals surface area (Å²) in [4.78, 5) is 33.7. The molecular formula is C15H17FO5. The van der Waals surface area contributed by atoms with Crippen molar-refractivity contribution in [3.8, 4) is 0 Å². The van der Waals surface area contributed by atoms with Gasteiger partial charge in [-0.15, -0.1) is 0 Å². The third kappa shape index (κ3) is 6.65. The summed E-state index contributed by atoms with van der Waals surface area (Å²) in [5.41, 5.74) is 0.727. The Balaban J connectivity index is 2.20. The fourth-order valence-corrected chi connectivity index (χ4v) is 1.60. The number of halogens is 1. The number of carbonyl (C=O) groups is 3. The second-order valence-corrected chi connectivity index (χ2v) is 4.30. The number of rotatable bonds is 7. The molecule has 0 heterocycles. The van der Waals surface area contributed by atoms with E-state index >= 15 is 0 Å². The summed E-state index contributed by atoms with van der Waals surface area (Å²) in [7, 11) is 0. The average molecular weight is 296 g/mol. The number of Topliss-reactive ketones (excluding diaryl/α,β-unsaturated/α-hetero) is 1. The molecule has 0 aliphatic rings. The molecule has 0 spiro atoms. The summed E-state index contributed by atoms with van der Waals surface area (Å²) in [5.74, 6) is -2.48. The smallest absolute Gasteiger partial charge is 0.417 e. The van der Waals surface area contributed by atoms with Gasteiger partial charge in [0.1, 0.15) is 11.6 Å². The summed E-state index contributed by atoms with van der Waals surface area (Å²) in [6, 6.07) is 5.69. The third-order valence-corrected chi connectivity index (χ3v) is 2.59. The largest absolute Gasteiger partial charge is 0.458 e. The van der Waals surface area contributed by atoms with Gasteiger partial charge < -0.3 is 9.47 Å². The summed E-state index contributed by atoms with van der Waals surface area (Å²) >= 11 is 0. The van der Waals surface area contributed by atoms with Crippen LogP contribution in [0.2, 0.25) is 0 Å². The van der Waals surface area contributed by atoms with Gasteiger partial charge in [-0.05, 0) is 31.0 Å². The minimum Gasteiger partial charge on any atom is -0.458 e. The van der Waals surface area contributed by atoms with Crippen molar-refractivity contribution in [2.24, 2.45) is 0 Å². The predicted octanol–water partition coefficient (Wildman–Crippen LogP) is 1.82. The lowest BCUT2D eigenvalue weighted by atomic mass is 10.1. The highest BCUT2D eigenvalue weighted by Gasteiger charge is 2.16. The van der Waals surface area contributed by atoms with Crippen LogP contribution in [0.3, 0.4) is 0 Å². The van der Waals surface area contributed by atoms with E-state index in [1.165, 1.54) is 12.1 Å². The van der Waals surface area contributed by atoms with Crippen molar-refractivity contribution in [3.05, 3.63) is 35.6 Å². The highest BCUT2D eigenvalue weighted by atomic mass is 19.1. The van der Waals surface area contributed by atoms with Gasteiger partial charge in [-0.3, -0.25) is 4.79 Å². The van der Waals surface area contributed by atoms with E-state index in [0.29, 0.717) is 6.42 Å². The zero-order valence-electron chi connectivity index (χ0n) is 11.8. The van der Waals surface area contributed by atoms with Crippen molar-refractivity contribution in [3.63, 3.8) is 0 Å². The summed E-state index contributed by atoms with van der Waals surface area (Å²) in [6.45, 7) is 1.66. The number of esters is 2. The molecule has 1 aromatic rings. The van der Waals surface area contributed by atoms with Gasteiger partial charge in [0, 0.05) is 12.8 Å². The SMILES string of the molecule is CCOC(=O)C(=O)OCCCC(=O)Cc1ccc(F)cc1. The predicted molar refractivity (Wildman–Crippen MR) is 71.9 cm³/mol. The van der Waals surface area contributed by atoms with Crippen LogP contribution in [0.1, 0.15) is 25.3 Å². The Labute approximate surface area is 122 Å². The highest BCUT2D eigenvalue weighted by molar-refractivity contribution is 6.29. The van der Waals surface area contributed by atoms with Crippen LogP contribution in [-0.4, -0.2) is 30.9 Å². The molecule has 114 valence electrons. The molecule has 0 bridgehead atoms. The molecule has 6 heteroatoms. The monoisotopic (exact) mass is 296 g/mol. The van der Waals surface area contributed by atoms with E-state index in [2.05, 4.69) is 9.47 Å². The van der Waals surface area contributed by atoms with Gasteiger partial charge in [-0.25, -0.2) is 14.0 Å². The lowest BCUT2D eigenvalue weighted by Gasteiger charge is -2.04. The van der Waals surface area contributed by atoms with E-state index in [9.17, 15) is 18.8 Å². The van der Waals surface area contributed by atoms with Gasteiger partial charge in [0.25, 0.3) is 0 Å². The van der Waals surface area contributed by atoms with E-state index in [0.717, 1.165) is 5.56 Å². The van der Waals surface area contributed by atoms with Gasteiger partial charge in [-0.1, -0.05) is 12.1 Å². The molecule has 1 aromatic carbocycles. The van der Waals surface area contributed by atoms with E-state index in [1.807, 2.05) is 0 Å². The van der Waals surface area contributed by atoms with Crippen molar-refractivity contribution in [1.82, 2.24) is 0 Å². The molecule has 0 aliphatic carbocycles. The van der Waals surface area contributed by atoms with Crippen LogP contribution in [0.15, 0.2) is 24.3 Å². The maximum absolute atomic E-state index is 12.7. The number of ether oxygens (including phenoxy) is 2. The van der Waals surface area contributed by atoms with Crippen LogP contribution < -0.4 is 0 Å². The Bertz CT molecular complexity index is 495. The van der Waals surface area contributed by atoms with Crippen molar-refractivity contribution in [2.45, 2.75) is 26.2 Å². The molecule has 0 N–H and O–H groups in total. The van der Waals surface area contributed by atoms with Crippen LogP contribution in [0.5, 0.6) is 0 Å². The van der Waals surface area contributed by atoms with Gasteiger partial charge >= 0.3 is 11.9 Å². The fraction of sp³-hybridized carbons (Fsp3) is 0.400. The second-order valence-electron chi connectivity index (χ2n) is 4.30. The minimum atomic E-state index is -1.05.